The maximum atomic E-state index is 11.2. The molecule has 0 radical (unpaired) electrons. The molecule has 30 heavy (non-hydrogen) atoms. The zero-order valence-electron chi connectivity index (χ0n) is 17.4. The molecule has 3 N–H and O–H groups in total. The second-order valence-corrected chi connectivity index (χ2v) is 5.97. The molecule has 0 amide bonds. The lowest BCUT2D eigenvalue weighted by molar-refractivity contribution is -0.385. The molecule has 0 fully saturated rings. The van der Waals surface area contributed by atoms with E-state index in [2.05, 4.69) is 16.3 Å². The number of hydrogen-bond acceptors (Lipinski definition) is 8. The van der Waals surface area contributed by atoms with Crippen LogP contribution in [0.3, 0.4) is 0 Å². The van der Waals surface area contributed by atoms with Crippen molar-refractivity contribution in [1.29, 1.82) is 0 Å². The highest BCUT2D eigenvalue weighted by atomic mass is 16.6. The molecule has 0 spiro atoms. The highest BCUT2D eigenvalue weighted by molar-refractivity contribution is 5.78. The monoisotopic (exact) mass is 414 g/mol. The average molecular weight is 414 g/mol. The summed E-state index contributed by atoms with van der Waals surface area (Å²) in [6.07, 6.45) is 5.56. The zero-order valence-corrected chi connectivity index (χ0v) is 17.4. The quantitative estimate of drug-likeness (QED) is 0.269. The molecule has 0 aliphatic rings. The van der Waals surface area contributed by atoms with Crippen molar-refractivity contribution in [3.05, 3.63) is 70.4 Å². The summed E-state index contributed by atoms with van der Waals surface area (Å²) < 4.78 is 5.43. The van der Waals surface area contributed by atoms with Crippen LogP contribution < -0.4 is 21.0 Å². The number of ether oxygens (including phenoxy) is 1. The molecule has 160 valence electrons. The first-order chi connectivity index (χ1) is 14.5. The smallest absolute Gasteiger partial charge is 0.310 e. The fourth-order valence-corrected chi connectivity index (χ4v) is 2.74. The standard InChI is InChI=1S/C21H26N4O5/c1-5-15(16-7-10-20(25(26)27)21(13-16)30-6-2)11-12-22-18-9-8-17(23-28-3)14-19(18)24-29-4/h5,7-14,22-24H,6H2,1-4H3/b12-11-,15-5+. The van der Waals surface area contributed by atoms with Gasteiger partial charge in [-0.25, -0.2) is 0 Å². The molecule has 2 aromatic carbocycles. The number of benzene rings is 2. The third-order valence-electron chi connectivity index (χ3n) is 4.05. The molecule has 0 aliphatic carbocycles. The minimum absolute atomic E-state index is 0.0572. The predicted octanol–water partition coefficient (Wildman–Crippen LogP) is 4.97. The molecule has 0 heterocycles. The summed E-state index contributed by atoms with van der Waals surface area (Å²) in [5.41, 5.74) is 9.44. The van der Waals surface area contributed by atoms with Crippen molar-refractivity contribution in [1.82, 2.24) is 0 Å². The molecular formula is C21H26N4O5. The lowest BCUT2D eigenvalue weighted by atomic mass is 10.0. The van der Waals surface area contributed by atoms with Gasteiger partial charge in [-0.3, -0.25) is 30.7 Å². The summed E-state index contributed by atoms with van der Waals surface area (Å²) in [7, 11) is 3.06. The Hall–Kier alpha value is -3.56. The van der Waals surface area contributed by atoms with Crippen LogP contribution in [0.2, 0.25) is 0 Å². The molecule has 0 aliphatic heterocycles. The number of anilines is 3. The van der Waals surface area contributed by atoms with Gasteiger partial charge in [0.05, 0.1) is 42.8 Å². The summed E-state index contributed by atoms with van der Waals surface area (Å²) in [6.45, 7) is 4.02. The molecule has 9 heteroatoms. The van der Waals surface area contributed by atoms with Crippen LogP contribution in [0.15, 0.2) is 54.8 Å². The molecule has 0 saturated carbocycles. The van der Waals surface area contributed by atoms with Crippen molar-refractivity contribution in [2.75, 3.05) is 37.1 Å². The van der Waals surface area contributed by atoms with Crippen LogP contribution in [0.5, 0.6) is 5.75 Å². The van der Waals surface area contributed by atoms with Crippen molar-refractivity contribution >= 4 is 28.3 Å². The van der Waals surface area contributed by atoms with E-state index < -0.39 is 4.92 Å². The van der Waals surface area contributed by atoms with E-state index in [0.717, 1.165) is 22.5 Å². The highest BCUT2D eigenvalue weighted by Crippen LogP contribution is 2.31. The fourth-order valence-electron chi connectivity index (χ4n) is 2.74. The summed E-state index contributed by atoms with van der Waals surface area (Å²) in [4.78, 5) is 20.7. The normalized spacial score (nSPS) is 11.4. The van der Waals surface area contributed by atoms with E-state index >= 15 is 0 Å². The van der Waals surface area contributed by atoms with Crippen LogP contribution >= 0.6 is 0 Å². The van der Waals surface area contributed by atoms with Crippen LogP contribution in [0.1, 0.15) is 19.4 Å². The van der Waals surface area contributed by atoms with Crippen LogP contribution in [-0.4, -0.2) is 25.7 Å². The van der Waals surface area contributed by atoms with E-state index in [9.17, 15) is 10.1 Å². The lowest BCUT2D eigenvalue weighted by Crippen LogP contribution is -2.02. The van der Waals surface area contributed by atoms with E-state index in [1.165, 1.54) is 20.3 Å². The van der Waals surface area contributed by atoms with Gasteiger partial charge in [-0.15, -0.1) is 0 Å². The van der Waals surface area contributed by atoms with Crippen molar-refractivity contribution in [3.8, 4) is 5.75 Å². The molecule has 0 bridgehead atoms. The van der Waals surface area contributed by atoms with Crippen LogP contribution in [0.4, 0.5) is 22.7 Å². The van der Waals surface area contributed by atoms with Gasteiger partial charge < -0.3 is 10.1 Å². The highest BCUT2D eigenvalue weighted by Gasteiger charge is 2.16. The Morgan fingerprint density at radius 3 is 2.50 bits per heavy atom. The van der Waals surface area contributed by atoms with E-state index in [0.29, 0.717) is 12.3 Å². The SMILES string of the molecule is C/C=C(\C=C/Nc1ccc(NOC)cc1NOC)c1ccc([N+](=O)[O-])c(OCC)c1. The molecule has 0 unspecified atom stereocenters. The summed E-state index contributed by atoms with van der Waals surface area (Å²) in [5.74, 6) is 0.244. The molecule has 2 aromatic rings. The van der Waals surface area contributed by atoms with Gasteiger partial charge in [0.1, 0.15) is 0 Å². The number of rotatable bonds is 11. The van der Waals surface area contributed by atoms with Gasteiger partial charge in [0.25, 0.3) is 0 Å². The number of nitrogens with one attached hydrogen (secondary N) is 3. The third-order valence-corrected chi connectivity index (χ3v) is 4.05. The van der Waals surface area contributed by atoms with E-state index in [-0.39, 0.29) is 11.4 Å². The number of hydrogen-bond donors (Lipinski definition) is 3. The molecule has 0 atom stereocenters. The Bertz CT molecular complexity index is 928. The predicted molar refractivity (Wildman–Crippen MR) is 118 cm³/mol. The van der Waals surface area contributed by atoms with Crippen molar-refractivity contribution in [3.63, 3.8) is 0 Å². The maximum absolute atomic E-state index is 11.2. The minimum Gasteiger partial charge on any atom is -0.487 e. The second kappa shape index (κ2) is 11.4. The second-order valence-electron chi connectivity index (χ2n) is 5.97. The Morgan fingerprint density at radius 1 is 1.10 bits per heavy atom. The average Bonchev–Trinajstić information content (AvgIpc) is 2.73. The van der Waals surface area contributed by atoms with Gasteiger partial charge in [-0.2, -0.15) is 0 Å². The van der Waals surface area contributed by atoms with Gasteiger partial charge in [0.2, 0.25) is 0 Å². The minimum atomic E-state index is -0.450. The first-order valence-electron chi connectivity index (χ1n) is 9.27. The zero-order chi connectivity index (χ0) is 21.9. The van der Waals surface area contributed by atoms with Gasteiger partial charge >= 0.3 is 5.69 Å². The Labute approximate surface area is 175 Å². The number of nitro benzene ring substituents is 1. The first kappa shape index (κ1) is 22.7. The van der Waals surface area contributed by atoms with Crippen LogP contribution in [0, 0.1) is 10.1 Å². The van der Waals surface area contributed by atoms with Crippen molar-refractivity contribution < 1.29 is 19.3 Å². The van der Waals surface area contributed by atoms with Gasteiger partial charge in [0.15, 0.2) is 5.75 Å². The van der Waals surface area contributed by atoms with Crippen molar-refractivity contribution in [2.45, 2.75) is 13.8 Å². The first-order valence-corrected chi connectivity index (χ1v) is 9.27. The molecule has 0 saturated heterocycles. The van der Waals surface area contributed by atoms with Gasteiger partial charge in [0, 0.05) is 12.3 Å². The largest absolute Gasteiger partial charge is 0.487 e. The van der Waals surface area contributed by atoms with E-state index in [4.69, 9.17) is 14.4 Å². The van der Waals surface area contributed by atoms with Gasteiger partial charge in [-0.05, 0) is 61.4 Å². The fraction of sp³-hybridized carbons (Fsp3) is 0.238. The summed E-state index contributed by atoms with van der Waals surface area (Å²) >= 11 is 0. The molecule has 2 rings (SSSR count). The lowest BCUT2D eigenvalue weighted by Gasteiger charge is -2.13. The topological polar surface area (TPSA) is 107 Å². The Balaban J connectivity index is 2.22. The van der Waals surface area contributed by atoms with E-state index in [1.807, 2.05) is 37.3 Å². The third kappa shape index (κ3) is 5.97. The summed E-state index contributed by atoms with van der Waals surface area (Å²) in [6, 6.07) is 10.4. The molecule has 0 aromatic heterocycles. The Morgan fingerprint density at radius 2 is 1.87 bits per heavy atom. The molecule has 9 nitrogen and oxygen atoms in total. The van der Waals surface area contributed by atoms with Crippen LogP contribution in [0.25, 0.3) is 5.57 Å². The number of nitro groups is 1. The summed E-state index contributed by atoms with van der Waals surface area (Å²) in [5, 5.41) is 14.4. The molecular weight excluding hydrogens is 388 g/mol. The maximum Gasteiger partial charge on any atom is 0.310 e. The number of allylic oxidation sites excluding steroid dienone is 3. The number of nitrogens with zero attached hydrogens (tertiary/aromatic N) is 1. The Kier molecular flexibility index (Phi) is 8.67. The van der Waals surface area contributed by atoms with E-state index in [1.54, 1.807) is 25.3 Å². The van der Waals surface area contributed by atoms with Gasteiger partial charge in [-0.1, -0.05) is 6.08 Å². The van der Waals surface area contributed by atoms with Crippen LogP contribution in [-0.2, 0) is 9.68 Å². The van der Waals surface area contributed by atoms with Crippen molar-refractivity contribution in [2.24, 2.45) is 0 Å².